The molecule has 0 radical (unpaired) electrons. The van der Waals surface area contributed by atoms with Gasteiger partial charge in [0.2, 0.25) is 0 Å². The van der Waals surface area contributed by atoms with Crippen LogP contribution in [-0.2, 0) is 10.1 Å². The summed E-state index contributed by atoms with van der Waals surface area (Å²) in [5, 5.41) is 13.1. The maximum atomic E-state index is 12.2. The topological polar surface area (TPSA) is 95.9 Å². The molecule has 6 nitrogen and oxygen atoms in total. The van der Waals surface area contributed by atoms with Gasteiger partial charge in [-0.2, -0.15) is 23.8 Å². The minimum atomic E-state index is -4.45. The molecular weight excluding hydrogens is 410 g/mol. The van der Waals surface area contributed by atoms with E-state index in [-0.39, 0.29) is 4.90 Å². The fourth-order valence-corrected chi connectivity index (χ4v) is 4.41. The van der Waals surface area contributed by atoms with Gasteiger partial charge >= 0.3 is 0 Å². The smallest absolute Gasteiger partial charge is 0.282 e. The second kappa shape index (κ2) is 7.46. The minimum absolute atomic E-state index is 0.165. The van der Waals surface area contributed by atoms with E-state index in [9.17, 15) is 13.0 Å². The summed E-state index contributed by atoms with van der Waals surface area (Å²) in [5.74, 6) is 0. The molecule has 4 aromatic carbocycles. The number of nitrogens with zero attached hydrogens (tertiary/aromatic N) is 2. The zero-order valence-electron chi connectivity index (χ0n) is 16.2. The molecule has 0 amide bonds. The lowest BCUT2D eigenvalue weighted by molar-refractivity contribution is 0.483. The van der Waals surface area contributed by atoms with Crippen molar-refractivity contribution in [1.82, 2.24) is 15.4 Å². The lowest BCUT2D eigenvalue weighted by atomic mass is 9.98. The van der Waals surface area contributed by atoms with Crippen molar-refractivity contribution in [3.63, 3.8) is 0 Å². The van der Waals surface area contributed by atoms with Gasteiger partial charge in [-0.05, 0) is 34.2 Å². The van der Waals surface area contributed by atoms with Crippen LogP contribution in [0.25, 0.3) is 45.1 Å². The normalized spacial score (nSPS) is 12.2. The van der Waals surface area contributed by atoms with Crippen LogP contribution in [0.3, 0.4) is 0 Å². The van der Waals surface area contributed by atoms with E-state index in [4.69, 9.17) is 0 Å². The molecule has 0 unspecified atom stereocenters. The Balaban J connectivity index is 1.69. The van der Waals surface area contributed by atoms with Gasteiger partial charge in [-0.3, -0.25) is 4.55 Å². The van der Waals surface area contributed by atoms with Crippen molar-refractivity contribution in [2.24, 2.45) is 0 Å². The first-order valence-electron chi connectivity index (χ1n) is 9.58. The highest BCUT2D eigenvalue weighted by atomic mass is 32.2. The third-order valence-corrected chi connectivity index (χ3v) is 6.09. The lowest BCUT2D eigenvalue weighted by Gasteiger charge is -2.09. The second-order valence-corrected chi connectivity index (χ2v) is 8.53. The van der Waals surface area contributed by atoms with Crippen LogP contribution >= 0.6 is 0 Å². The summed E-state index contributed by atoms with van der Waals surface area (Å²) in [5.41, 5.74) is 4.00. The number of fused-ring (bicyclic) bond motifs is 3. The molecule has 0 atom stereocenters. The molecule has 0 aliphatic rings. The fraction of sp³-hybridized carbons (Fsp3) is 0. The van der Waals surface area contributed by atoms with Crippen LogP contribution in [0.15, 0.2) is 83.8 Å². The van der Waals surface area contributed by atoms with Crippen molar-refractivity contribution in [2.45, 2.75) is 4.90 Å². The number of hydrogen-bond acceptors (Lipinski definition) is 4. The van der Waals surface area contributed by atoms with Crippen LogP contribution in [0.4, 0.5) is 0 Å². The number of aromatic nitrogens is 3. The number of H-pyrrole nitrogens is 1. The maximum absolute atomic E-state index is 12.2. The van der Waals surface area contributed by atoms with Crippen molar-refractivity contribution < 1.29 is 13.0 Å². The van der Waals surface area contributed by atoms with E-state index < -0.39 is 10.1 Å². The van der Waals surface area contributed by atoms with Crippen LogP contribution < -0.4 is 0 Å². The van der Waals surface area contributed by atoms with Gasteiger partial charge in [0.15, 0.2) is 0 Å². The predicted octanol–water partition coefficient (Wildman–Crippen LogP) is 5.20. The van der Waals surface area contributed by atoms with Gasteiger partial charge in [0, 0.05) is 10.9 Å². The first kappa shape index (κ1) is 19.2. The highest BCUT2D eigenvalue weighted by molar-refractivity contribution is 7.86. The molecular formula is C24H17N3O3S. The number of rotatable bonds is 4. The third kappa shape index (κ3) is 3.61. The Morgan fingerprint density at radius 2 is 1.55 bits per heavy atom. The molecule has 0 fully saturated rings. The molecule has 0 spiro atoms. The van der Waals surface area contributed by atoms with Gasteiger partial charge in [-0.1, -0.05) is 78.9 Å². The van der Waals surface area contributed by atoms with Crippen LogP contribution in [0.1, 0.15) is 11.1 Å². The van der Waals surface area contributed by atoms with Crippen molar-refractivity contribution in [3.05, 3.63) is 90.0 Å². The first-order valence-corrected chi connectivity index (χ1v) is 11.0. The van der Waals surface area contributed by atoms with Crippen LogP contribution in [0.5, 0.6) is 0 Å². The summed E-state index contributed by atoms with van der Waals surface area (Å²) in [4.78, 5) is -0.165. The molecule has 5 aromatic rings. The average molecular weight is 427 g/mol. The molecule has 7 heteroatoms. The second-order valence-electron chi connectivity index (χ2n) is 7.14. The van der Waals surface area contributed by atoms with Gasteiger partial charge in [-0.25, -0.2) is 0 Å². The lowest BCUT2D eigenvalue weighted by Crippen LogP contribution is -2.01. The Morgan fingerprint density at radius 1 is 0.806 bits per heavy atom. The van der Waals surface area contributed by atoms with E-state index in [2.05, 4.69) is 15.4 Å². The molecule has 1 heterocycles. The van der Waals surface area contributed by atoms with Gasteiger partial charge in [-0.15, -0.1) is 0 Å². The van der Waals surface area contributed by atoms with E-state index in [1.165, 1.54) is 6.07 Å². The molecule has 0 aliphatic heterocycles. The minimum Gasteiger partial charge on any atom is -0.282 e. The Labute approximate surface area is 178 Å². The predicted molar refractivity (Wildman–Crippen MR) is 122 cm³/mol. The SMILES string of the molecule is O=S(=O)(O)c1cc(-c2cc3ccccc3c3n[nH]nc23)ccc1C=Cc1ccccc1. The quantitative estimate of drug-likeness (QED) is 0.304. The average Bonchev–Trinajstić information content (AvgIpc) is 3.27. The van der Waals surface area contributed by atoms with Gasteiger partial charge in [0.25, 0.3) is 10.1 Å². The van der Waals surface area contributed by atoms with Crippen molar-refractivity contribution in [1.29, 1.82) is 0 Å². The highest BCUT2D eigenvalue weighted by Gasteiger charge is 2.18. The third-order valence-electron chi connectivity index (χ3n) is 5.18. The molecule has 0 saturated heterocycles. The van der Waals surface area contributed by atoms with Gasteiger partial charge in [0.05, 0.1) is 0 Å². The summed E-state index contributed by atoms with van der Waals surface area (Å²) >= 11 is 0. The number of hydrogen-bond donors (Lipinski definition) is 2. The highest BCUT2D eigenvalue weighted by Crippen LogP contribution is 2.34. The Morgan fingerprint density at radius 3 is 2.35 bits per heavy atom. The zero-order valence-corrected chi connectivity index (χ0v) is 17.0. The van der Waals surface area contributed by atoms with Crippen LogP contribution in [0.2, 0.25) is 0 Å². The van der Waals surface area contributed by atoms with E-state index in [0.717, 1.165) is 21.9 Å². The van der Waals surface area contributed by atoms with E-state index in [0.29, 0.717) is 22.2 Å². The van der Waals surface area contributed by atoms with Crippen LogP contribution in [-0.4, -0.2) is 28.4 Å². The molecule has 0 saturated carbocycles. The summed E-state index contributed by atoms with van der Waals surface area (Å²) in [7, 11) is -4.45. The summed E-state index contributed by atoms with van der Waals surface area (Å²) in [6.45, 7) is 0. The standard InChI is InChI=1S/C24H17N3O3S/c28-31(29,30)22-15-19(13-12-17(22)11-10-16-6-2-1-3-7-16)21-14-18-8-4-5-9-20(18)23-24(21)26-27-25-23/h1-15H,(H,25,26,27)(H,28,29,30). The monoisotopic (exact) mass is 427 g/mol. The van der Waals surface area contributed by atoms with E-state index >= 15 is 0 Å². The molecule has 2 N–H and O–H groups in total. The molecule has 0 bridgehead atoms. The Kier molecular flexibility index (Phi) is 4.62. The first-order chi connectivity index (χ1) is 15.0. The molecule has 1 aromatic heterocycles. The summed E-state index contributed by atoms with van der Waals surface area (Å²) in [6.07, 6.45) is 3.48. The van der Waals surface area contributed by atoms with Crippen molar-refractivity contribution >= 4 is 44.1 Å². The number of benzene rings is 4. The van der Waals surface area contributed by atoms with Gasteiger partial charge < -0.3 is 0 Å². The summed E-state index contributed by atoms with van der Waals surface area (Å²) < 4.78 is 34.2. The van der Waals surface area contributed by atoms with Crippen molar-refractivity contribution in [2.75, 3.05) is 0 Å². The fourth-order valence-electron chi connectivity index (χ4n) is 3.70. The van der Waals surface area contributed by atoms with E-state index in [1.54, 1.807) is 18.2 Å². The zero-order chi connectivity index (χ0) is 21.4. The van der Waals surface area contributed by atoms with Crippen LogP contribution in [0, 0.1) is 0 Å². The van der Waals surface area contributed by atoms with Crippen molar-refractivity contribution in [3.8, 4) is 11.1 Å². The number of nitrogens with one attached hydrogen (secondary N) is 1. The largest absolute Gasteiger partial charge is 0.295 e. The molecule has 5 rings (SSSR count). The summed E-state index contributed by atoms with van der Waals surface area (Å²) in [6, 6.07) is 24.2. The molecule has 31 heavy (non-hydrogen) atoms. The molecule has 0 aliphatic carbocycles. The van der Waals surface area contributed by atoms with Gasteiger partial charge in [0.1, 0.15) is 15.9 Å². The Bertz CT molecular complexity index is 1560. The number of aromatic amines is 1. The maximum Gasteiger partial charge on any atom is 0.295 e. The van der Waals surface area contributed by atoms with E-state index in [1.807, 2.05) is 66.7 Å². The molecule has 152 valence electrons. The Hall–Kier alpha value is -3.81.